The number of nitrogens with one attached hydrogen (secondary N) is 2. The van der Waals surface area contributed by atoms with Gasteiger partial charge in [0.15, 0.2) is 0 Å². The molecule has 2 aromatic heterocycles. The number of H-pyrrole nitrogens is 1. The summed E-state index contributed by atoms with van der Waals surface area (Å²) in [5, 5.41) is 3.71. The molecule has 0 bridgehead atoms. The third kappa shape index (κ3) is 4.96. The molecule has 0 saturated heterocycles. The SMILES string of the molecule is CCN(CC)c1ccc(NC(=O)CSCc2nc3sc4c(c3c(=O)[nH]2)CCCC4)cc1. The molecule has 2 N–H and O–H groups in total. The van der Waals surface area contributed by atoms with E-state index in [0.717, 1.165) is 53.9 Å². The molecule has 0 saturated carbocycles. The molecule has 0 atom stereocenters. The predicted molar refractivity (Wildman–Crippen MR) is 132 cm³/mol. The van der Waals surface area contributed by atoms with Crippen molar-refractivity contribution in [1.82, 2.24) is 9.97 Å². The van der Waals surface area contributed by atoms with Crippen LogP contribution in [0.2, 0.25) is 0 Å². The molecule has 164 valence electrons. The highest BCUT2D eigenvalue weighted by Gasteiger charge is 2.19. The molecule has 0 spiro atoms. The Kier molecular flexibility index (Phi) is 6.97. The average Bonchev–Trinajstić information content (AvgIpc) is 3.14. The van der Waals surface area contributed by atoms with Gasteiger partial charge in [-0.1, -0.05) is 0 Å². The third-order valence-corrected chi connectivity index (χ3v) is 7.76. The summed E-state index contributed by atoms with van der Waals surface area (Å²) >= 11 is 3.11. The Labute approximate surface area is 190 Å². The molecular formula is C23H28N4O2S2. The number of amides is 1. The van der Waals surface area contributed by atoms with Gasteiger partial charge in [0, 0.05) is 29.3 Å². The van der Waals surface area contributed by atoms with E-state index >= 15 is 0 Å². The van der Waals surface area contributed by atoms with Gasteiger partial charge in [0.1, 0.15) is 10.7 Å². The highest BCUT2D eigenvalue weighted by molar-refractivity contribution is 7.99. The van der Waals surface area contributed by atoms with Gasteiger partial charge in [0.25, 0.3) is 5.56 Å². The quantitative estimate of drug-likeness (QED) is 0.519. The number of hydrogen-bond acceptors (Lipinski definition) is 6. The number of thiophene rings is 1. The standard InChI is InChI=1S/C23H28N4O2S2/c1-3-27(4-2)16-11-9-15(10-12-16)24-20(28)14-30-13-19-25-22(29)21-17-7-5-6-8-18(17)31-23(21)26-19/h9-12H,3-8,13-14H2,1-2H3,(H,24,28)(H,25,26,29). The zero-order valence-electron chi connectivity index (χ0n) is 18.0. The summed E-state index contributed by atoms with van der Waals surface area (Å²) in [6, 6.07) is 7.92. The van der Waals surface area contributed by atoms with E-state index in [1.807, 2.05) is 24.3 Å². The molecule has 4 rings (SSSR count). The van der Waals surface area contributed by atoms with Gasteiger partial charge in [-0.25, -0.2) is 4.98 Å². The summed E-state index contributed by atoms with van der Waals surface area (Å²) in [5.74, 6) is 1.39. The number of thioether (sulfide) groups is 1. The van der Waals surface area contributed by atoms with Crippen LogP contribution in [0.5, 0.6) is 0 Å². The first-order valence-electron chi connectivity index (χ1n) is 10.8. The second-order valence-corrected chi connectivity index (χ2v) is 9.73. The summed E-state index contributed by atoms with van der Waals surface area (Å²) in [5.41, 5.74) is 3.10. The molecule has 0 unspecified atom stereocenters. The lowest BCUT2D eigenvalue weighted by Crippen LogP contribution is -2.21. The summed E-state index contributed by atoms with van der Waals surface area (Å²) in [6.45, 7) is 6.16. The van der Waals surface area contributed by atoms with Gasteiger partial charge in [0.05, 0.1) is 16.9 Å². The molecule has 31 heavy (non-hydrogen) atoms. The maximum Gasteiger partial charge on any atom is 0.259 e. The van der Waals surface area contributed by atoms with Crippen LogP contribution in [-0.2, 0) is 23.4 Å². The van der Waals surface area contributed by atoms with E-state index in [4.69, 9.17) is 0 Å². The lowest BCUT2D eigenvalue weighted by molar-refractivity contribution is -0.113. The molecule has 0 radical (unpaired) electrons. The maximum atomic E-state index is 12.6. The van der Waals surface area contributed by atoms with Gasteiger partial charge in [-0.05, 0) is 69.4 Å². The van der Waals surface area contributed by atoms with Gasteiger partial charge in [-0.15, -0.1) is 23.1 Å². The molecule has 0 fully saturated rings. The Morgan fingerprint density at radius 3 is 2.68 bits per heavy atom. The fourth-order valence-corrected chi connectivity index (χ4v) is 6.03. The minimum Gasteiger partial charge on any atom is -0.372 e. The normalized spacial score (nSPS) is 13.2. The van der Waals surface area contributed by atoms with Crippen LogP contribution in [0.15, 0.2) is 29.1 Å². The Bertz CT molecular complexity index is 1120. The number of aromatic nitrogens is 2. The number of anilines is 2. The number of rotatable bonds is 8. The van der Waals surface area contributed by atoms with Crippen LogP contribution in [-0.4, -0.2) is 34.7 Å². The van der Waals surface area contributed by atoms with Crippen molar-refractivity contribution in [3.05, 3.63) is 50.9 Å². The highest BCUT2D eigenvalue weighted by Crippen LogP contribution is 2.33. The van der Waals surface area contributed by atoms with E-state index < -0.39 is 0 Å². The van der Waals surface area contributed by atoms with E-state index in [2.05, 4.69) is 34.0 Å². The van der Waals surface area contributed by atoms with Crippen molar-refractivity contribution < 1.29 is 4.79 Å². The molecule has 1 aliphatic rings. The predicted octanol–water partition coefficient (Wildman–Crippen LogP) is 4.58. The van der Waals surface area contributed by atoms with Gasteiger partial charge in [-0.3, -0.25) is 9.59 Å². The smallest absolute Gasteiger partial charge is 0.259 e. The second kappa shape index (κ2) is 9.87. The van der Waals surface area contributed by atoms with Crippen LogP contribution in [0.25, 0.3) is 10.2 Å². The van der Waals surface area contributed by atoms with Crippen LogP contribution in [0.1, 0.15) is 43.0 Å². The lowest BCUT2D eigenvalue weighted by atomic mass is 9.97. The van der Waals surface area contributed by atoms with Gasteiger partial charge in [-0.2, -0.15) is 0 Å². The van der Waals surface area contributed by atoms with Crippen LogP contribution < -0.4 is 15.8 Å². The van der Waals surface area contributed by atoms with Crippen molar-refractivity contribution in [3.8, 4) is 0 Å². The Morgan fingerprint density at radius 1 is 1.19 bits per heavy atom. The van der Waals surface area contributed by atoms with Gasteiger partial charge < -0.3 is 15.2 Å². The first-order valence-corrected chi connectivity index (χ1v) is 12.8. The van der Waals surface area contributed by atoms with Crippen molar-refractivity contribution >= 4 is 50.6 Å². The van der Waals surface area contributed by atoms with Gasteiger partial charge >= 0.3 is 0 Å². The zero-order valence-corrected chi connectivity index (χ0v) is 19.6. The first kappa shape index (κ1) is 21.9. The molecule has 6 nitrogen and oxygen atoms in total. The monoisotopic (exact) mass is 456 g/mol. The van der Waals surface area contributed by atoms with E-state index in [9.17, 15) is 9.59 Å². The van der Waals surface area contributed by atoms with Crippen molar-refractivity contribution in [2.45, 2.75) is 45.3 Å². The maximum absolute atomic E-state index is 12.6. The minimum absolute atomic E-state index is 0.0438. The molecule has 3 aromatic rings. The topological polar surface area (TPSA) is 78.1 Å². The van der Waals surface area contributed by atoms with Crippen LogP contribution in [0, 0.1) is 0 Å². The number of hydrogen-bond donors (Lipinski definition) is 2. The number of carbonyl (C=O) groups is 1. The summed E-state index contributed by atoms with van der Waals surface area (Å²) in [6.07, 6.45) is 4.36. The Hall–Kier alpha value is -2.32. The lowest BCUT2D eigenvalue weighted by Gasteiger charge is -2.21. The Morgan fingerprint density at radius 2 is 1.94 bits per heavy atom. The Balaban J connectivity index is 1.33. The minimum atomic E-state index is -0.0596. The van der Waals surface area contributed by atoms with E-state index in [0.29, 0.717) is 17.3 Å². The van der Waals surface area contributed by atoms with E-state index in [-0.39, 0.29) is 11.5 Å². The van der Waals surface area contributed by atoms with Crippen molar-refractivity contribution in [2.75, 3.05) is 29.1 Å². The molecular weight excluding hydrogens is 428 g/mol. The number of benzene rings is 1. The zero-order chi connectivity index (χ0) is 21.8. The van der Waals surface area contributed by atoms with Crippen LogP contribution >= 0.6 is 23.1 Å². The second-order valence-electron chi connectivity index (χ2n) is 7.66. The number of aromatic amines is 1. The summed E-state index contributed by atoms with van der Waals surface area (Å²) in [4.78, 5) is 36.9. The largest absolute Gasteiger partial charge is 0.372 e. The number of aryl methyl sites for hydroxylation is 2. The fourth-order valence-electron chi connectivity index (χ4n) is 4.06. The van der Waals surface area contributed by atoms with Gasteiger partial charge in [0.2, 0.25) is 5.91 Å². The number of carbonyl (C=O) groups excluding carboxylic acids is 1. The molecule has 1 aromatic carbocycles. The summed E-state index contributed by atoms with van der Waals surface area (Å²) < 4.78 is 0. The van der Waals surface area contributed by atoms with Crippen molar-refractivity contribution in [3.63, 3.8) is 0 Å². The molecule has 1 amide bonds. The molecule has 2 heterocycles. The number of nitrogens with zero attached hydrogens (tertiary/aromatic N) is 2. The highest BCUT2D eigenvalue weighted by atomic mass is 32.2. The van der Waals surface area contributed by atoms with Crippen molar-refractivity contribution in [2.24, 2.45) is 0 Å². The first-order chi connectivity index (χ1) is 15.1. The molecule has 1 aliphatic carbocycles. The molecule has 8 heteroatoms. The number of fused-ring (bicyclic) bond motifs is 3. The fraction of sp³-hybridized carbons (Fsp3) is 0.435. The van der Waals surface area contributed by atoms with Crippen LogP contribution in [0.3, 0.4) is 0 Å². The van der Waals surface area contributed by atoms with Crippen LogP contribution in [0.4, 0.5) is 11.4 Å². The van der Waals surface area contributed by atoms with Crippen molar-refractivity contribution in [1.29, 1.82) is 0 Å². The summed E-state index contributed by atoms with van der Waals surface area (Å²) in [7, 11) is 0. The average molecular weight is 457 g/mol. The molecule has 0 aliphatic heterocycles. The van der Waals surface area contributed by atoms with E-state index in [1.54, 1.807) is 11.3 Å². The van der Waals surface area contributed by atoms with E-state index in [1.165, 1.54) is 28.6 Å². The third-order valence-electron chi connectivity index (χ3n) is 5.63.